The van der Waals surface area contributed by atoms with Gasteiger partial charge in [0.15, 0.2) is 0 Å². The summed E-state index contributed by atoms with van der Waals surface area (Å²) in [5, 5.41) is 2.98. The average Bonchev–Trinajstić information content (AvgIpc) is 2.40. The molecule has 0 aliphatic carbocycles. The number of halogens is 1. The fourth-order valence-corrected chi connectivity index (χ4v) is 1.73. The molecule has 3 N–H and O–H groups in total. The van der Waals surface area contributed by atoms with Gasteiger partial charge in [-0.2, -0.15) is 0 Å². The third-order valence-electron chi connectivity index (χ3n) is 3.30. The van der Waals surface area contributed by atoms with Gasteiger partial charge < -0.3 is 20.7 Å². The van der Waals surface area contributed by atoms with Crippen LogP contribution in [0.3, 0.4) is 0 Å². The molecular formula is C15H24FN3O2. The number of rotatable bonds is 7. The van der Waals surface area contributed by atoms with Crippen molar-refractivity contribution in [2.75, 3.05) is 37.8 Å². The molecule has 0 aromatic heterocycles. The van der Waals surface area contributed by atoms with Crippen LogP contribution in [-0.2, 0) is 4.74 Å². The van der Waals surface area contributed by atoms with Crippen LogP contribution in [0.5, 0.6) is 0 Å². The van der Waals surface area contributed by atoms with E-state index >= 15 is 0 Å². The first-order valence-corrected chi connectivity index (χ1v) is 7.07. The topological polar surface area (TPSA) is 67.6 Å². The molecule has 0 amide bonds. The molecule has 0 atom stereocenters. The monoisotopic (exact) mass is 297 g/mol. The van der Waals surface area contributed by atoms with Crippen LogP contribution in [0.2, 0.25) is 0 Å². The Morgan fingerprint density at radius 3 is 2.71 bits per heavy atom. The molecule has 0 fully saturated rings. The minimum atomic E-state index is -0.544. The van der Waals surface area contributed by atoms with Crippen LogP contribution in [0.25, 0.3) is 0 Å². The standard InChI is InChI=1S/C15H24FN3O2/c1-5-21-15(20)11-8-14(12(16)9-13(11)17)18-6-7-19(4)10(2)3/h8-10,18H,5-7,17H2,1-4H3. The molecule has 0 aliphatic heterocycles. The minimum Gasteiger partial charge on any atom is -0.462 e. The van der Waals surface area contributed by atoms with Crippen molar-refractivity contribution in [3.8, 4) is 0 Å². The van der Waals surface area contributed by atoms with Crippen molar-refractivity contribution in [2.24, 2.45) is 0 Å². The van der Waals surface area contributed by atoms with E-state index in [4.69, 9.17) is 10.5 Å². The van der Waals surface area contributed by atoms with Gasteiger partial charge >= 0.3 is 5.97 Å². The number of carbonyl (C=O) groups is 1. The Hall–Kier alpha value is -1.82. The first-order chi connectivity index (χ1) is 9.86. The molecule has 0 heterocycles. The highest BCUT2D eigenvalue weighted by atomic mass is 19.1. The lowest BCUT2D eigenvalue weighted by Gasteiger charge is -2.21. The summed E-state index contributed by atoms with van der Waals surface area (Å²) >= 11 is 0. The maximum absolute atomic E-state index is 13.9. The Kier molecular flexibility index (Phi) is 6.42. The van der Waals surface area contributed by atoms with E-state index in [1.165, 1.54) is 6.07 Å². The Morgan fingerprint density at radius 2 is 2.14 bits per heavy atom. The molecule has 1 aromatic carbocycles. The fourth-order valence-electron chi connectivity index (χ4n) is 1.73. The number of nitrogens with one attached hydrogen (secondary N) is 1. The van der Waals surface area contributed by atoms with Gasteiger partial charge in [0, 0.05) is 24.8 Å². The van der Waals surface area contributed by atoms with E-state index in [1.807, 2.05) is 7.05 Å². The number of esters is 1. The van der Waals surface area contributed by atoms with Gasteiger partial charge in [-0.15, -0.1) is 0 Å². The number of hydrogen-bond acceptors (Lipinski definition) is 5. The van der Waals surface area contributed by atoms with Crippen molar-refractivity contribution in [1.82, 2.24) is 4.90 Å². The number of nitrogens with two attached hydrogens (primary N) is 1. The molecule has 118 valence electrons. The van der Waals surface area contributed by atoms with Crippen LogP contribution < -0.4 is 11.1 Å². The molecule has 0 spiro atoms. The second-order valence-electron chi connectivity index (χ2n) is 5.14. The summed E-state index contributed by atoms with van der Waals surface area (Å²) in [6.45, 7) is 7.45. The van der Waals surface area contributed by atoms with E-state index in [0.29, 0.717) is 12.6 Å². The van der Waals surface area contributed by atoms with Crippen LogP contribution in [0.4, 0.5) is 15.8 Å². The van der Waals surface area contributed by atoms with E-state index in [0.717, 1.165) is 12.6 Å². The summed E-state index contributed by atoms with van der Waals surface area (Å²) in [7, 11) is 2.00. The maximum Gasteiger partial charge on any atom is 0.340 e. The number of nitrogens with zero attached hydrogens (tertiary/aromatic N) is 1. The van der Waals surface area contributed by atoms with Gasteiger partial charge in [-0.25, -0.2) is 9.18 Å². The lowest BCUT2D eigenvalue weighted by molar-refractivity contribution is 0.0527. The molecule has 5 nitrogen and oxygen atoms in total. The normalized spacial score (nSPS) is 11.0. The van der Waals surface area contributed by atoms with Crippen LogP contribution >= 0.6 is 0 Å². The van der Waals surface area contributed by atoms with Gasteiger partial charge in [0.05, 0.1) is 17.9 Å². The zero-order valence-electron chi connectivity index (χ0n) is 13.1. The predicted molar refractivity (Wildman–Crippen MR) is 83.0 cm³/mol. The molecule has 6 heteroatoms. The molecule has 0 bridgehead atoms. The lowest BCUT2D eigenvalue weighted by atomic mass is 10.1. The van der Waals surface area contributed by atoms with Crippen molar-refractivity contribution >= 4 is 17.3 Å². The van der Waals surface area contributed by atoms with Gasteiger partial charge in [-0.1, -0.05) is 0 Å². The van der Waals surface area contributed by atoms with Gasteiger partial charge in [0.1, 0.15) is 5.82 Å². The molecule has 0 saturated carbocycles. The fraction of sp³-hybridized carbons (Fsp3) is 0.533. The minimum absolute atomic E-state index is 0.0794. The Labute approximate surface area is 125 Å². The second-order valence-corrected chi connectivity index (χ2v) is 5.14. The maximum atomic E-state index is 13.9. The van der Waals surface area contributed by atoms with E-state index in [1.54, 1.807) is 6.92 Å². The van der Waals surface area contributed by atoms with E-state index in [2.05, 4.69) is 24.1 Å². The summed E-state index contributed by atoms with van der Waals surface area (Å²) in [5.74, 6) is -1.02. The van der Waals surface area contributed by atoms with Crippen molar-refractivity contribution in [2.45, 2.75) is 26.8 Å². The lowest BCUT2D eigenvalue weighted by Crippen LogP contribution is -2.31. The van der Waals surface area contributed by atoms with Crippen LogP contribution in [0, 0.1) is 5.82 Å². The Morgan fingerprint density at radius 1 is 1.48 bits per heavy atom. The van der Waals surface area contributed by atoms with Gasteiger partial charge in [-0.3, -0.25) is 0 Å². The van der Waals surface area contributed by atoms with Gasteiger partial charge in [-0.05, 0) is 40.0 Å². The summed E-state index contributed by atoms with van der Waals surface area (Å²) in [4.78, 5) is 13.9. The van der Waals surface area contributed by atoms with E-state index in [9.17, 15) is 9.18 Å². The molecular weight excluding hydrogens is 273 g/mol. The molecule has 1 rings (SSSR count). The average molecular weight is 297 g/mol. The number of likely N-dealkylation sites (N-methyl/N-ethyl adjacent to an activating group) is 1. The first kappa shape index (κ1) is 17.2. The number of benzene rings is 1. The third-order valence-corrected chi connectivity index (χ3v) is 3.30. The third kappa shape index (κ3) is 4.90. The van der Waals surface area contributed by atoms with Gasteiger partial charge in [0.2, 0.25) is 0 Å². The van der Waals surface area contributed by atoms with Crippen molar-refractivity contribution in [1.29, 1.82) is 0 Å². The van der Waals surface area contributed by atoms with Crippen LogP contribution in [0.15, 0.2) is 12.1 Å². The molecule has 1 aromatic rings. The molecule has 0 unspecified atom stereocenters. The summed E-state index contributed by atoms with van der Waals surface area (Å²) in [6.07, 6.45) is 0. The van der Waals surface area contributed by atoms with Crippen molar-refractivity contribution < 1.29 is 13.9 Å². The Bertz CT molecular complexity index is 492. The SMILES string of the molecule is CCOC(=O)c1cc(NCCN(C)C(C)C)c(F)cc1N. The number of nitrogen functional groups attached to an aromatic ring is 1. The van der Waals surface area contributed by atoms with E-state index in [-0.39, 0.29) is 23.5 Å². The van der Waals surface area contributed by atoms with Crippen LogP contribution in [-0.4, -0.2) is 43.7 Å². The van der Waals surface area contributed by atoms with Gasteiger partial charge in [0.25, 0.3) is 0 Å². The summed E-state index contributed by atoms with van der Waals surface area (Å²) < 4.78 is 18.8. The summed E-state index contributed by atoms with van der Waals surface area (Å²) in [6, 6.07) is 2.96. The number of hydrogen-bond donors (Lipinski definition) is 2. The Balaban J connectivity index is 2.78. The second kappa shape index (κ2) is 7.83. The highest BCUT2D eigenvalue weighted by Crippen LogP contribution is 2.23. The van der Waals surface area contributed by atoms with Crippen molar-refractivity contribution in [3.63, 3.8) is 0 Å². The van der Waals surface area contributed by atoms with Crippen molar-refractivity contribution in [3.05, 3.63) is 23.5 Å². The number of anilines is 2. The zero-order chi connectivity index (χ0) is 16.0. The highest BCUT2D eigenvalue weighted by molar-refractivity contribution is 5.96. The molecule has 0 saturated heterocycles. The molecule has 0 aliphatic rings. The molecule has 0 radical (unpaired) electrons. The smallest absolute Gasteiger partial charge is 0.340 e. The summed E-state index contributed by atoms with van der Waals surface area (Å²) in [5.41, 5.74) is 6.17. The van der Waals surface area contributed by atoms with Crippen LogP contribution in [0.1, 0.15) is 31.1 Å². The largest absolute Gasteiger partial charge is 0.462 e. The first-order valence-electron chi connectivity index (χ1n) is 7.07. The van der Waals surface area contributed by atoms with E-state index < -0.39 is 11.8 Å². The highest BCUT2D eigenvalue weighted by Gasteiger charge is 2.15. The molecule has 21 heavy (non-hydrogen) atoms. The quantitative estimate of drug-likeness (QED) is 0.597. The number of carbonyl (C=O) groups excluding carboxylic acids is 1. The predicted octanol–water partition coefficient (Wildman–Crippen LogP) is 2.34. The number of ether oxygens (including phenoxy) is 1. The zero-order valence-corrected chi connectivity index (χ0v) is 13.1.